The van der Waals surface area contributed by atoms with Crippen LogP contribution < -0.4 is 11.1 Å². The van der Waals surface area contributed by atoms with Crippen LogP contribution in [0.3, 0.4) is 0 Å². The summed E-state index contributed by atoms with van der Waals surface area (Å²) in [6.07, 6.45) is 4.34. The molecule has 0 atom stereocenters. The zero-order chi connectivity index (χ0) is 19.0. The number of anilines is 2. The van der Waals surface area contributed by atoms with E-state index < -0.39 is 5.91 Å². The standard InChI is InChI=1S/C17H10Cl2N6OS/c18-8-2-1-3-9(19)13(8)17-24-10-4-5-21-16(14(10)27-17)25-12-7-22-11(6-23-12)15(20)26/h1-7H,(H2,20,26)(H,21,23,25). The minimum Gasteiger partial charge on any atom is -0.364 e. The van der Waals surface area contributed by atoms with Gasteiger partial charge in [-0.3, -0.25) is 4.79 Å². The lowest BCUT2D eigenvalue weighted by atomic mass is 10.2. The largest absolute Gasteiger partial charge is 0.364 e. The Morgan fingerprint density at radius 3 is 2.52 bits per heavy atom. The molecule has 0 aliphatic rings. The van der Waals surface area contributed by atoms with Crippen LogP contribution in [-0.2, 0) is 0 Å². The molecule has 134 valence electrons. The highest BCUT2D eigenvalue weighted by Gasteiger charge is 2.16. The zero-order valence-electron chi connectivity index (χ0n) is 13.5. The number of rotatable bonds is 4. The second-order valence-corrected chi connectivity index (χ2v) is 7.21. The fraction of sp³-hybridized carbons (Fsp3) is 0. The van der Waals surface area contributed by atoms with Crippen LogP contribution >= 0.6 is 34.5 Å². The Kier molecular flexibility index (Phi) is 4.61. The molecule has 0 bridgehead atoms. The Hall–Kier alpha value is -2.81. The van der Waals surface area contributed by atoms with Crippen molar-refractivity contribution >= 4 is 62.3 Å². The molecule has 3 N–H and O–H groups in total. The van der Waals surface area contributed by atoms with E-state index in [-0.39, 0.29) is 5.69 Å². The van der Waals surface area contributed by atoms with Crippen molar-refractivity contribution in [2.75, 3.05) is 5.32 Å². The maximum atomic E-state index is 11.1. The van der Waals surface area contributed by atoms with E-state index in [4.69, 9.17) is 28.9 Å². The molecular formula is C17H10Cl2N6OS. The van der Waals surface area contributed by atoms with Gasteiger partial charge in [0.2, 0.25) is 0 Å². The molecule has 0 radical (unpaired) electrons. The monoisotopic (exact) mass is 416 g/mol. The Morgan fingerprint density at radius 2 is 1.85 bits per heavy atom. The van der Waals surface area contributed by atoms with Crippen LogP contribution in [0.5, 0.6) is 0 Å². The third kappa shape index (κ3) is 3.42. The summed E-state index contributed by atoms with van der Waals surface area (Å²) in [7, 11) is 0. The third-order valence-corrected chi connectivity index (χ3v) is 5.36. The lowest BCUT2D eigenvalue weighted by Gasteiger charge is -2.05. The highest BCUT2D eigenvalue weighted by atomic mass is 35.5. The Morgan fingerprint density at radius 1 is 1.07 bits per heavy atom. The van der Waals surface area contributed by atoms with Gasteiger partial charge in [-0.05, 0) is 18.2 Å². The van der Waals surface area contributed by atoms with Crippen LogP contribution in [0.4, 0.5) is 11.6 Å². The summed E-state index contributed by atoms with van der Waals surface area (Å²) in [5, 5.41) is 4.81. The average molecular weight is 417 g/mol. The number of hydrogen-bond donors (Lipinski definition) is 2. The second-order valence-electron chi connectivity index (χ2n) is 5.40. The van der Waals surface area contributed by atoms with Gasteiger partial charge < -0.3 is 11.1 Å². The van der Waals surface area contributed by atoms with E-state index in [1.807, 2.05) is 0 Å². The van der Waals surface area contributed by atoms with Gasteiger partial charge in [-0.15, -0.1) is 11.3 Å². The molecule has 0 unspecified atom stereocenters. The van der Waals surface area contributed by atoms with Crippen molar-refractivity contribution in [1.82, 2.24) is 19.9 Å². The van der Waals surface area contributed by atoms with Crippen LogP contribution in [-0.4, -0.2) is 25.8 Å². The molecule has 4 aromatic rings. The van der Waals surface area contributed by atoms with Crippen LogP contribution in [0, 0.1) is 0 Å². The number of aromatic nitrogens is 4. The topological polar surface area (TPSA) is 107 Å². The molecule has 3 heterocycles. The van der Waals surface area contributed by atoms with Gasteiger partial charge in [-0.1, -0.05) is 29.3 Å². The van der Waals surface area contributed by atoms with Crippen LogP contribution in [0.2, 0.25) is 10.0 Å². The van der Waals surface area contributed by atoms with Gasteiger partial charge in [0.25, 0.3) is 5.91 Å². The molecule has 0 aliphatic carbocycles. The van der Waals surface area contributed by atoms with Gasteiger partial charge in [0.1, 0.15) is 16.5 Å². The van der Waals surface area contributed by atoms with Crippen molar-refractivity contribution in [3.05, 3.63) is 58.6 Å². The number of thiazole rings is 1. The van der Waals surface area contributed by atoms with E-state index in [9.17, 15) is 4.79 Å². The fourth-order valence-electron chi connectivity index (χ4n) is 2.39. The molecule has 1 amide bonds. The van der Waals surface area contributed by atoms with Gasteiger partial charge in [-0.25, -0.2) is 19.9 Å². The van der Waals surface area contributed by atoms with Crippen molar-refractivity contribution in [2.45, 2.75) is 0 Å². The number of primary amides is 1. The summed E-state index contributed by atoms with van der Waals surface area (Å²) in [5.41, 5.74) is 6.67. The first-order valence-electron chi connectivity index (χ1n) is 7.62. The number of nitrogens with zero attached hydrogens (tertiary/aromatic N) is 4. The number of benzene rings is 1. The molecule has 0 saturated carbocycles. The number of hydrogen-bond acceptors (Lipinski definition) is 7. The van der Waals surface area contributed by atoms with Gasteiger partial charge in [-0.2, -0.15) is 0 Å². The lowest BCUT2D eigenvalue weighted by Crippen LogP contribution is -2.13. The minimum absolute atomic E-state index is 0.0835. The maximum Gasteiger partial charge on any atom is 0.268 e. The normalized spacial score (nSPS) is 10.9. The second kappa shape index (κ2) is 7.07. The first kappa shape index (κ1) is 17.6. The quantitative estimate of drug-likeness (QED) is 0.513. The van der Waals surface area contributed by atoms with Crippen molar-refractivity contribution in [1.29, 1.82) is 0 Å². The molecule has 0 saturated heterocycles. The predicted molar refractivity (Wildman–Crippen MR) is 107 cm³/mol. The molecule has 3 aromatic heterocycles. The summed E-state index contributed by atoms with van der Waals surface area (Å²) < 4.78 is 0.810. The van der Waals surface area contributed by atoms with Crippen molar-refractivity contribution in [3.8, 4) is 10.6 Å². The minimum atomic E-state index is -0.641. The summed E-state index contributed by atoms with van der Waals surface area (Å²) in [5.74, 6) is 0.337. The van der Waals surface area contributed by atoms with E-state index in [1.165, 1.54) is 23.7 Å². The summed E-state index contributed by atoms with van der Waals surface area (Å²) in [6.45, 7) is 0. The maximum absolute atomic E-state index is 11.1. The molecule has 7 nitrogen and oxygen atoms in total. The first-order chi connectivity index (χ1) is 13.0. The number of fused-ring (bicyclic) bond motifs is 1. The van der Waals surface area contributed by atoms with Gasteiger partial charge in [0.05, 0.1) is 32.7 Å². The smallest absolute Gasteiger partial charge is 0.268 e. The van der Waals surface area contributed by atoms with Crippen molar-refractivity contribution < 1.29 is 4.79 Å². The Labute approximate surface area is 167 Å². The number of halogens is 2. The molecule has 10 heteroatoms. The molecule has 0 aliphatic heterocycles. The van der Waals surface area contributed by atoms with Crippen LogP contribution in [0.15, 0.2) is 42.9 Å². The number of nitrogens with one attached hydrogen (secondary N) is 1. The third-order valence-electron chi connectivity index (χ3n) is 3.63. The van der Waals surface area contributed by atoms with Gasteiger partial charge >= 0.3 is 0 Å². The van der Waals surface area contributed by atoms with E-state index in [0.29, 0.717) is 32.3 Å². The van der Waals surface area contributed by atoms with E-state index in [1.54, 1.807) is 30.5 Å². The molecule has 0 spiro atoms. The summed E-state index contributed by atoms with van der Waals surface area (Å²) >= 11 is 14.0. The first-order valence-corrected chi connectivity index (χ1v) is 9.19. The molecular weight excluding hydrogens is 407 g/mol. The SMILES string of the molecule is NC(=O)c1cnc(Nc2nccc3nc(-c4c(Cl)cccc4Cl)sc23)cn1. The Balaban J connectivity index is 1.74. The van der Waals surface area contributed by atoms with E-state index in [0.717, 1.165) is 10.2 Å². The Bertz CT molecular complexity index is 1140. The van der Waals surface area contributed by atoms with E-state index in [2.05, 4.69) is 25.3 Å². The molecule has 4 rings (SSSR count). The number of amides is 1. The number of carbonyl (C=O) groups is 1. The summed E-state index contributed by atoms with van der Waals surface area (Å²) in [6, 6.07) is 7.11. The predicted octanol–water partition coefficient (Wildman–Crippen LogP) is 4.30. The van der Waals surface area contributed by atoms with Crippen LogP contribution in [0.1, 0.15) is 10.5 Å². The highest BCUT2D eigenvalue weighted by molar-refractivity contribution is 7.22. The summed E-state index contributed by atoms with van der Waals surface area (Å²) in [4.78, 5) is 28.1. The number of carbonyl (C=O) groups excluding carboxylic acids is 1. The lowest BCUT2D eigenvalue weighted by molar-refractivity contribution is 0.0995. The van der Waals surface area contributed by atoms with Crippen molar-refractivity contribution in [2.24, 2.45) is 5.73 Å². The highest BCUT2D eigenvalue weighted by Crippen LogP contribution is 2.40. The van der Waals surface area contributed by atoms with E-state index >= 15 is 0 Å². The number of nitrogens with two attached hydrogens (primary N) is 1. The van der Waals surface area contributed by atoms with Crippen LogP contribution in [0.25, 0.3) is 20.8 Å². The fourth-order valence-corrected chi connectivity index (χ4v) is 4.16. The average Bonchev–Trinajstić information content (AvgIpc) is 3.07. The molecule has 1 aromatic carbocycles. The molecule has 27 heavy (non-hydrogen) atoms. The number of pyridine rings is 1. The molecule has 0 fully saturated rings. The van der Waals surface area contributed by atoms with Crippen molar-refractivity contribution in [3.63, 3.8) is 0 Å². The van der Waals surface area contributed by atoms with Gasteiger partial charge in [0.15, 0.2) is 5.82 Å². The van der Waals surface area contributed by atoms with Gasteiger partial charge in [0, 0.05) is 11.8 Å². The zero-order valence-corrected chi connectivity index (χ0v) is 15.8.